The van der Waals surface area contributed by atoms with Crippen molar-refractivity contribution in [1.82, 2.24) is 6.15 Å². The van der Waals surface area contributed by atoms with E-state index in [0.29, 0.717) is 12.0 Å². The molecule has 0 aliphatic rings. The van der Waals surface area contributed by atoms with Gasteiger partial charge in [-0.2, -0.15) is 8.42 Å². The quantitative estimate of drug-likeness (QED) is 0.607. The second-order valence-corrected chi connectivity index (χ2v) is 3.63. The minimum Gasteiger partial charge on any atom is -0.362 e. The van der Waals surface area contributed by atoms with Crippen molar-refractivity contribution in [3.05, 3.63) is 42.5 Å². The summed E-state index contributed by atoms with van der Waals surface area (Å²) in [6.07, 6.45) is 2.10. The average Bonchev–Trinajstić information content (AvgIpc) is 2.06. The van der Waals surface area contributed by atoms with Crippen molar-refractivity contribution in [3.63, 3.8) is 0 Å². The Kier molecular flexibility index (Phi) is 4.99. The lowest BCUT2D eigenvalue weighted by Gasteiger charge is -2.05. The fraction of sp³-hybridized carbons (Fsp3) is 0.111. The second-order valence-electron chi connectivity index (χ2n) is 2.61. The number of rotatable bonds is 4. The van der Waals surface area contributed by atoms with Gasteiger partial charge in [0.25, 0.3) is 0 Å². The standard InChI is InChI=1S/C9H10O4S.H3N/c1-2-5-8-6-3-4-7-9(8)13-14(10,11)12;/h2-4,6-7H,1,5H2,(H,10,11,12);1H3. The lowest BCUT2D eigenvalue weighted by atomic mass is 10.1. The fourth-order valence-electron chi connectivity index (χ4n) is 1.02. The van der Waals surface area contributed by atoms with Crippen molar-refractivity contribution >= 4 is 10.4 Å². The molecule has 0 aliphatic heterocycles. The van der Waals surface area contributed by atoms with Crippen LogP contribution in [0, 0.1) is 0 Å². The van der Waals surface area contributed by atoms with Crippen LogP contribution in [0.2, 0.25) is 0 Å². The molecule has 0 amide bonds. The van der Waals surface area contributed by atoms with E-state index in [1.165, 1.54) is 6.07 Å². The number of hydrogen-bond acceptors (Lipinski definition) is 4. The summed E-state index contributed by atoms with van der Waals surface area (Å²) in [4.78, 5) is 0. The second kappa shape index (κ2) is 5.50. The first-order valence-corrected chi connectivity index (χ1v) is 5.25. The molecule has 0 spiro atoms. The normalized spacial score (nSPS) is 10.2. The van der Waals surface area contributed by atoms with Gasteiger partial charge in [0, 0.05) is 0 Å². The lowest BCUT2D eigenvalue weighted by molar-refractivity contribution is 0.385. The molecule has 6 heteroatoms. The molecule has 1 rings (SSSR count). The van der Waals surface area contributed by atoms with Crippen LogP contribution < -0.4 is 10.3 Å². The molecule has 0 saturated heterocycles. The minimum absolute atomic E-state index is 0. The monoisotopic (exact) mass is 231 g/mol. The summed E-state index contributed by atoms with van der Waals surface area (Å²) in [5.74, 6) is 0.120. The van der Waals surface area contributed by atoms with Crippen molar-refractivity contribution in [2.24, 2.45) is 0 Å². The van der Waals surface area contributed by atoms with Gasteiger partial charge in [-0.25, -0.2) is 0 Å². The van der Waals surface area contributed by atoms with Crippen molar-refractivity contribution in [3.8, 4) is 5.75 Å². The molecule has 5 nitrogen and oxygen atoms in total. The Morgan fingerprint density at radius 2 is 2.00 bits per heavy atom. The first kappa shape index (κ1) is 13.6. The van der Waals surface area contributed by atoms with Crippen LogP contribution in [0.1, 0.15) is 5.56 Å². The van der Waals surface area contributed by atoms with Crippen LogP contribution in [0.5, 0.6) is 5.75 Å². The van der Waals surface area contributed by atoms with Gasteiger partial charge in [0.15, 0.2) is 0 Å². The maximum Gasteiger partial charge on any atom is 0.446 e. The first-order valence-electron chi connectivity index (χ1n) is 3.88. The van der Waals surface area contributed by atoms with Gasteiger partial charge >= 0.3 is 10.4 Å². The summed E-state index contributed by atoms with van der Waals surface area (Å²) in [6, 6.07) is 6.53. The third kappa shape index (κ3) is 4.59. The van der Waals surface area contributed by atoms with Crippen LogP contribution >= 0.6 is 0 Å². The molecule has 1 aromatic rings. The van der Waals surface area contributed by atoms with Gasteiger partial charge in [-0.15, -0.1) is 6.58 Å². The Morgan fingerprint density at radius 1 is 1.40 bits per heavy atom. The molecule has 0 bridgehead atoms. The zero-order valence-electron chi connectivity index (χ0n) is 8.09. The molecular weight excluding hydrogens is 218 g/mol. The molecule has 1 aromatic carbocycles. The molecule has 0 saturated carbocycles. The Hall–Kier alpha value is -1.37. The van der Waals surface area contributed by atoms with Crippen molar-refractivity contribution in [2.45, 2.75) is 6.42 Å². The van der Waals surface area contributed by atoms with Gasteiger partial charge in [0.2, 0.25) is 0 Å². The van der Waals surface area contributed by atoms with Gasteiger partial charge < -0.3 is 10.3 Å². The number of hydrogen-bond donors (Lipinski definition) is 2. The number of benzene rings is 1. The summed E-state index contributed by atoms with van der Waals surface area (Å²) in [5.41, 5.74) is 0.653. The summed E-state index contributed by atoms with van der Waals surface area (Å²) in [7, 11) is -4.45. The molecule has 0 fully saturated rings. The van der Waals surface area contributed by atoms with Gasteiger partial charge in [0.05, 0.1) is 0 Å². The smallest absolute Gasteiger partial charge is 0.362 e. The van der Waals surface area contributed by atoms with E-state index >= 15 is 0 Å². The predicted molar refractivity (Wildman–Crippen MR) is 57.5 cm³/mol. The van der Waals surface area contributed by atoms with E-state index < -0.39 is 10.4 Å². The van der Waals surface area contributed by atoms with Crippen LogP contribution in [0.15, 0.2) is 36.9 Å². The van der Waals surface area contributed by atoms with E-state index in [1.54, 1.807) is 24.3 Å². The van der Waals surface area contributed by atoms with E-state index in [9.17, 15) is 8.42 Å². The summed E-state index contributed by atoms with van der Waals surface area (Å²) in [6.45, 7) is 3.53. The molecule has 84 valence electrons. The Balaban J connectivity index is 0.00000196. The van der Waals surface area contributed by atoms with Crippen molar-refractivity contribution < 1.29 is 17.2 Å². The summed E-state index contributed by atoms with van der Waals surface area (Å²) >= 11 is 0. The molecule has 0 heterocycles. The maximum absolute atomic E-state index is 10.5. The highest BCUT2D eigenvalue weighted by molar-refractivity contribution is 7.81. The highest BCUT2D eigenvalue weighted by atomic mass is 32.3. The lowest BCUT2D eigenvalue weighted by Crippen LogP contribution is -2.08. The van der Waals surface area contributed by atoms with Crippen molar-refractivity contribution in [2.75, 3.05) is 0 Å². The molecule has 0 radical (unpaired) electrons. The summed E-state index contributed by atoms with van der Waals surface area (Å²) in [5, 5.41) is 0. The maximum atomic E-state index is 10.5. The van der Waals surface area contributed by atoms with E-state index in [4.69, 9.17) is 4.55 Å². The Labute approximate surface area is 88.9 Å². The molecule has 15 heavy (non-hydrogen) atoms. The topological polar surface area (TPSA) is 98.6 Å². The van der Waals surface area contributed by atoms with E-state index in [2.05, 4.69) is 10.8 Å². The third-order valence-corrected chi connectivity index (χ3v) is 1.92. The number of para-hydroxylation sites is 1. The van der Waals surface area contributed by atoms with E-state index in [1.807, 2.05) is 0 Å². The zero-order chi connectivity index (χ0) is 10.6. The molecule has 4 N–H and O–H groups in total. The van der Waals surface area contributed by atoms with Crippen LogP contribution in [0.3, 0.4) is 0 Å². The van der Waals surface area contributed by atoms with Crippen LogP contribution in [0.25, 0.3) is 0 Å². The van der Waals surface area contributed by atoms with Crippen LogP contribution in [0.4, 0.5) is 0 Å². The average molecular weight is 231 g/mol. The third-order valence-electron chi connectivity index (χ3n) is 1.53. The van der Waals surface area contributed by atoms with E-state index in [0.717, 1.165) is 0 Å². The van der Waals surface area contributed by atoms with Crippen molar-refractivity contribution in [1.29, 1.82) is 0 Å². The molecule has 0 atom stereocenters. The SMILES string of the molecule is C=CCc1ccccc1OS(=O)(=O)O.N. The van der Waals surface area contributed by atoms with Crippen LogP contribution in [-0.2, 0) is 16.8 Å². The fourth-order valence-corrected chi connectivity index (χ4v) is 1.41. The highest BCUT2D eigenvalue weighted by Gasteiger charge is 2.09. The van der Waals surface area contributed by atoms with Gasteiger partial charge in [-0.05, 0) is 18.1 Å². The highest BCUT2D eigenvalue weighted by Crippen LogP contribution is 2.19. The molecule has 0 aliphatic carbocycles. The zero-order valence-corrected chi connectivity index (χ0v) is 8.90. The van der Waals surface area contributed by atoms with Gasteiger partial charge in [0.1, 0.15) is 5.75 Å². The minimum atomic E-state index is -4.45. The largest absolute Gasteiger partial charge is 0.446 e. The first-order chi connectivity index (χ1) is 6.53. The van der Waals surface area contributed by atoms with Gasteiger partial charge in [-0.3, -0.25) is 4.55 Å². The predicted octanol–water partition coefficient (Wildman–Crippen LogP) is 1.76. The number of allylic oxidation sites excluding steroid dienone is 1. The van der Waals surface area contributed by atoms with Gasteiger partial charge in [-0.1, -0.05) is 24.3 Å². The Bertz CT molecular complexity index is 427. The van der Waals surface area contributed by atoms with E-state index in [-0.39, 0.29) is 11.9 Å². The molecule has 0 aromatic heterocycles. The molecular formula is C9H13NO4S. The Morgan fingerprint density at radius 3 is 2.53 bits per heavy atom. The van der Waals surface area contributed by atoms with Crippen LogP contribution in [-0.4, -0.2) is 13.0 Å². The summed E-state index contributed by atoms with van der Waals surface area (Å²) < 4.78 is 33.8. The molecule has 0 unspecified atom stereocenters.